The number of para-hydroxylation sites is 1. The molecular formula is C22H17ClN2O3. The van der Waals surface area contributed by atoms with Crippen molar-refractivity contribution >= 4 is 51.2 Å². The highest BCUT2D eigenvalue weighted by Gasteiger charge is 2.34. The van der Waals surface area contributed by atoms with Crippen LogP contribution in [0.4, 0.5) is 17.1 Å². The van der Waals surface area contributed by atoms with E-state index < -0.39 is 0 Å². The van der Waals surface area contributed by atoms with Gasteiger partial charge in [-0.3, -0.25) is 14.5 Å². The summed E-state index contributed by atoms with van der Waals surface area (Å²) in [5.74, 6) is -0.549. The van der Waals surface area contributed by atoms with Gasteiger partial charge in [0.25, 0.3) is 0 Å². The quantitative estimate of drug-likeness (QED) is 0.515. The van der Waals surface area contributed by atoms with Crippen LogP contribution in [-0.4, -0.2) is 23.5 Å². The topological polar surface area (TPSA) is 60.9 Å². The molecule has 1 aliphatic rings. The molecule has 4 rings (SSSR count). The zero-order chi connectivity index (χ0) is 19.8. The van der Waals surface area contributed by atoms with Crippen molar-refractivity contribution < 1.29 is 14.7 Å². The van der Waals surface area contributed by atoms with Crippen molar-refractivity contribution in [3.05, 3.63) is 72.3 Å². The van der Waals surface area contributed by atoms with Crippen molar-refractivity contribution in [1.29, 1.82) is 0 Å². The fraction of sp³-hybridized carbons (Fsp3) is 0.0909. The number of nitrogens with zero attached hydrogens (tertiary/aromatic N) is 2. The van der Waals surface area contributed by atoms with Gasteiger partial charge in [0, 0.05) is 11.9 Å². The third-order valence-corrected chi connectivity index (χ3v) is 5.04. The Morgan fingerprint density at radius 1 is 1.04 bits per heavy atom. The van der Waals surface area contributed by atoms with E-state index in [0.717, 1.165) is 10.8 Å². The van der Waals surface area contributed by atoms with Gasteiger partial charge in [0.2, 0.25) is 11.8 Å². The predicted molar refractivity (Wildman–Crippen MR) is 111 cm³/mol. The van der Waals surface area contributed by atoms with Gasteiger partial charge in [-0.15, -0.1) is 6.58 Å². The van der Waals surface area contributed by atoms with Crippen LogP contribution in [0.3, 0.4) is 0 Å². The lowest BCUT2D eigenvalue weighted by molar-refractivity contribution is -0.125. The van der Waals surface area contributed by atoms with Gasteiger partial charge in [-0.25, -0.2) is 0 Å². The average Bonchev–Trinajstić information content (AvgIpc) is 2.77. The Hall–Kier alpha value is -3.31. The van der Waals surface area contributed by atoms with Gasteiger partial charge >= 0.3 is 0 Å². The highest BCUT2D eigenvalue weighted by Crippen LogP contribution is 2.44. The second-order valence-electron chi connectivity index (χ2n) is 6.49. The van der Waals surface area contributed by atoms with Gasteiger partial charge in [0.1, 0.15) is 12.2 Å². The molecule has 28 heavy (non-hydrogen) atoms. The molecule has 0 atom stereocenters. The Labute approximate surface area is 167 Å². The summed E-state index contributed by atoms with van der Waals surface area (Å²) in [6.07, 6.45) is 1.34. The molecule has 0 fully saturated rings. The third kappa shape index (κ3) is 2.90. The maximum absolute atomic E-state index is 13.0. The van der Waals surface area contributed by atoms with E-state index in [1.165, 1.54) is 4.90 Å². The van der Waals surface area contributed by atoms with E-state index in [4.69, 9.17) is 11.6 Å². The van der Waals surface area contributed by atoms with E-state index in [1.807, 2.05) is 6.07 Å². The van der Waals surface area contributed by atoms with Crippen molar-refractivity contribution in [3.8, 4) is 5.75 Å². The minimum atomic E-state index is -0.357. The number of hydrogen-bond donors (Lipinski definition) is 1. The molecule has 6 heteroatoms. The number of carbonyl (C=O) groups excluding carboxylic acids is 2. The first-order chi connectivity index (χ1) is 13.5. The number of rotatable bonds is 3. The van der Waals surface area contributed by atoms with Crippen molar-refractivity contribution in [2.75, 3.05) is 16.3 Å². The molecule has 3 aromatic carbocycles. The number of fused-ring (bicyclic) bond motifs is 3. The van der Waals surface area contributed by atoms with Crippen molar-refractivity contribution in [1.82, 2.24) is 0 Å². The van der Waals surface area contributed by atoms with Crippen LogP contribution < -0.4 is 9.80 Å². The molecule has 1 aliphatic heterocycles. The molecule has 0 aromatic heterocycles. The lowest BCUT2D eigenvalue weighted by atomic mass is 10.0. The van der Waals surface area contributed by atoms with Gasteiger partial charge in [-0.05, 0) is 41.8 Å². The largest absolute Gasteiger partial charge is 0.508 e. The monoisotopic (exact) mass is 392 g/mol. The van der Waals surface area contributed by atoms with Gasteiger partial charge in [0.05, 0.1) is 22.1 Å². The lowest BCUT2D eigenvalue weighted by Gasteiger charge is -2.27. The lowest BCUT2D eigenvalue weighted by Crippen LogP contribution is -2.32. The van der Waals surface area contributed by atoms with E-state index in [1.54, 1.807) is 59.5 Å². The smallest absolute Gasteiger partial charge is 0.241 e. The number of hydrogen-bond acceptors (Lipinski definition) is 3. The number of amides is 2. The zero-order valence-corrected chi connectivity index (χ0v) is 15.7. The zero-order valence-electron chi connectivity index (χ0n) is 14.9. The Kier molecular flexibility index (Phi) is 4.53. The van der Waals surface area contributed by atoms with E-state index in [0.29, 0.717) is 22.1 Å². The van der Waals surface area contributed by atoms with Crippen LogP contribution in [0.5, 0.6) is 5.75 Å². The Morgan fingerprint density at radius 3 is 2.57 bits per heavy atom. The second kappa shape index (κ2) is 7.02. The highest BCUT2D eigenvalue weighted by atomic mass is 35.5. The van der Waals surface area contributed by atoms with Gasteiger partial charge in [0.15, 0.2) is 0 Å². The van der Waals surface area contributed by atoms with E-state index in [2.05, 4.69) is 6.58 Å². The molecule has 3 aromatic rings. The van der Waals surface area contributed by atoms with Crippen molar-refractivity contribution in [2.45, 2.75) is 6.42 Å². The van der Waals surface area contributed by atoms with Crippen LogP contribution in [0, 0.1) is 0 Å². The number of phenolic OH excluding ortho intramolecular Hbond substituents is 1. The molecular weight excluding hydrogens is 376 g/mol. The maximum Gasteiger partial charge on any atom is 0.241 e. The standard InChI is InChI=1S/C22H17ClN2O3/c1-2-11-24-20(27)13-21(28)25(18-6-4-3-5-17(18)23)19-10-7-14-12-15(26)8-9-16(14)22(19)24/h2-10,12,26H,1,11,13H2. The molecule has 1 heterocycles. The molecule has 140 valence electrons. The van der Waals surface area contributed by atoms with Crippen LogP contribution in [-0.2, 0) is 9.59 Å². The van der Waals surface area contributed by atoms with Crippen LogP contribution in [0.15, 0.2) is 67.3 Å². The van der Waals surface area contributed by atoms with Crippen molar-refractivity contribution in [3.63, 3.8) is 0 Å². The summed E-state index contributed by atoms with van der Waals surface area (Å²) in [5.41, 5.74) is 1.67. The highest BCUT2D eigenvalue weighted by molar-refractivity contribution is 6.35. The van der Waals surface area contributed by atoms with Crippen LogP contribution >= 0.6 is 11.6 Å². The maximum atomic E-state index is 13.0. The first-order valence-corrected chi connectivity index (χ1v) is 9.13. The molecule has 0 saturated heterocycles. The molecule has 0 aliphatic carbocycles. The molecule has 2 amide bonds. The molecule has 0 spiro atoms. The number of halogens is 1. The normalized spacial score (nSPS) is 14.2. The SMILES string of the molecule is C=CCN1C(=O)CC(=O)N(c2ccccc2Cl)c2ccc3cc(O)ccc3c21. The van der Waals surface area contributed by atoms with Crippen LogP contribution in [0.1, 0.15) is 6.42 Å². The summed E-state index contributed by atoms with van der Waals surface area (Å²) >= 11 is 6.37. The number of carbonyl (C=O) groups is 2. The first kappa shape index (κ1) is 18.1. The summed E-state index contributed by atoms with van der Waals surface area (Å²) < 4.78 is 0. The van der Waals surface area contributed by atoms with E-state index in [9.17, 15) is 14.7 Å². The summed E-state index contributed by atoms with van der Waals surface area (Å²) in [6, 6.07) is 15.5. The molecule has 0 radical (unpaired) electrons. The average molecular weight is 393 g/mol. The summed E-state index contributed by atoms with van der Waals surface area (Å²) in [4.78, 5) is 29.0. The third-order valence-electron chi connectivity index (χ3n) is 4.72. The molecule has 1 N–H and O–H groups in total. The van der Waals surface area contributed by atoms with E-state index in [-0.39, 0.29) is 30.5 Å². The number of aromatic hydroxyl groups is 1. The minimum absolute atomic E-state index is 0.127. The Bertz CT molecular complexity index is 1130. The molecule has 0 bridgehead atoms. The number of benzene rings is 3. The summed E-state index contributed by atoms with van der Waals surface area (Å²) in [6.45, 7) is 4.00. The van der Waals surface area contributed by atoms with E-state index >= 15 is 0 Å². The molecule has 5 nitrogen and oxygen atoms in total. The van der Waals surface area contributed by atoms with Gasteiger partial charge < -0.3 is 10.0 Å². The van der Waals surface area contributed by atoms with Gasteiger partial charge in [-0.1, -0.05) is 35.9 Å². The molecule has 0 unspecified atom stereocenters. The van der Waals surface area contributed by atoms with Crippen LogP contribution in [0.25, 0.3) is 10.8 Å². The van der Waals surface area contributed by atoms with Gasteiger partial charge in [-0.2, -0.15) is 0 Å². The van der Waals surface area contributed by atoms with Crippen LogP contribution in [0.2, 0.25) is 5.02 Å². The Balaban J connectivity index is 2.07. The second-order valence-corrected chi connectivity index (χ2v) is 6.90. The fourth-order valence-electron chi connectivity index (χ4n) is 3.54. The van der Waals surface area contributed by atoms with Crippen molar-refractivity contribution in [2.24, 2.45) is 0 Å². The fourth-order valence-corrected chi connectivity index (χ4v) is 3.76. The predicted octanol–water partition coefficient (Wildman–Crippen LogP) is 4.79. The minimum Gasteiger partial charge on any atom is -0.508 e. The summed E-state index contributed by atoms with van der Waals surface area (Å²) in [7, 11) is 0. The number of anilines is 3. The first-order valence-electron chi connectivity index (χ1n) is 8.75. The Morgan fingerprint density at radius 2 is 1.82 bits per heavy atom. The summed E-state index contributed by atoms with van der Waals surface area (Å²) in [5, 5.41) is 11.8. The number of phenols is 1. The molecule has 0 saturated carbocycles.